The molecule has 94 valence electrons. The third kappa shape index (κ3) is 2.87. The largest absolute Gasteiger partial charge is 0.357 e. The van der Waals surface area contributed by atoms with Crippen LogP contribution in [0.15, 0.2) is 24.3 Å². The van der Waals surface area contributed by atoms with Crippen molar-refractivity contribution in [3.05, 3.63) is 35.1 Å². The van der Waals surface area contributed by atoms with E-state index in [9.17, 15) is 0 Å². The smallest absolute Gasteiger partial charge is 0.233 e. The van der Waals surface area contributed by atoms with Gasteiger partial charge in [0.25, 0.3) is 0 Å². The van der Waals surface area contributed by atoms with Crippen LogP contribution in [0.5, 0.6) is 0 Å². The van der Waals surface area contributed by atoms with E-state index in [1.54, 1.807) is 7.05 Å². The highest BCUT2D eigenvalue weighted by molar-refractivity contribution is 6.28. The molecule has 0 saturated heterocycles. The highest BCUT2D eigenvalue weighted by atomic mass is 35.5. The molecule has 0 amide bonds. The summed E-state index contributed by atoms with van der Waals surface area (Å²) < 4.78 is 0. The van der Waals surface area contributed by atoms with E-state index < -0.39 is 0 Å². The first-order valence-electron chi connectivity index (χ1n) is 5.67. The van der Waals surface area contributed by atoms with Gasteiger partial charge in [-0.3, -0.25) is 0 Å². The van der Waals surface area contributed by atoms with Crippen LogP contribution in [0.25, 0.3) is 0 Å². The van der Waals surface area contributed by atoms with Crippen molar-refractivity contribution in [3.8, 4) is 0 Å². The van der Waals surface area contributed by atoms with Gasteiger partial charge in [0.1, 0.15) is 0 Å². The fraction of sp³-hybridized carbons (Fsp3) is 0.250. The van der Waals surface area contributed by atoms with Gasteiger partial charge in [-0.1, -0.05) is 25.1 Å². The maximum absolute atomic E-state index is 5.83. The van der Waals surface area contributed by atoms with Gasteiger partial charge >= 0.3 is 0 Å². The molecular formula is C12H14ClN5. The molecule has 0 radical (unpaired) electrons. The third-order valence-corrected chi connectivity index (χ3v) is 2.65. The maximum Gasteiger partial charge on any atom is 0.233 e. The van der Waals surface area contributed by atoms with E-state index in [-0.39, 0.29) is 5.28 Å². The molecule has 1 aromatic carbocycles. The van der Waals surface area contributed by atoms with Crippen LogP contribution in [0.3, 0.4) is 0 Å². The molecule has 6 heteroatoms. The third-order valence-electron chi connectivity index (χ3n) is 2.48. The van der Waals surface area contributed by atoms with Gasteiger partial charge in [0.15, 0.2) is 0 Å². The summed E-state index contributed by atoms with van der Waals surface area (Å²) in [6, 6.07) is 8.01. The molecule has 2 rings (SSSR count). The van der Waals surface area contributed by atoms with Crippen LogP contribution in [0, 0.1) is 0 Å². The maximum atomic E-state index is 5.83. The predicted octanol–water partition coefficient (Wildman–Crippen LogP) is 2.87. The van der Waals surface area contributed by atoms with Gasteiger partial charge < -0.3 is 10.6 Å². The minimum Gasteiger partial charge on any atom is -0.357 e. The Morgan fingerprint density at radius 2 is 1.83 bits per heavy atom. The lowest BCUT2D eigenvalue weighted by atomic mass is 10.1. The second-order valence-electron chi connectivity index (χ2n) is 3.64. The fourth-order valence-electron chi connectivity index (χ4n) is 1.59. The Morgan fingerprint density at radius 3 is 2.56 bits per heavy atom. The fourth-order valence-corrected chi connectivity index (χ4v) is 1.75. The molecule has 1 aromatic heterocycles. The van der Waals surface area contributed by atoms with Crippen LogP contribution in [0.4, 0.5) is 17.6 Å². The summed E-state index contributed by atoms with van der Waals surface area (Å²) in [5.74, 6) is 0.867. The Hall–Kier alpha value is -1.88. The van der Waals surface area contributed by atoms with Crippen molar-refractivity contribution < 1.29 is 0 Å². The zero-order chi connectivity index (χ0) is 13.0. The topological polar surface area (TPSA) is 62.7 Å². The number of anilines is 3. The standard InChI is InChI=1S/C12H14ClN5/c1-3-8-6-4-5-7-9(8)15-12-17-10(13)16-11(14-2)18-12/h4-7H,3H2,1-2H3,(H2,14,15,16,17,18). The molecule has 2 aromatic rings. The number of rotatable bonds is 4. The Morgan fingerprint density at radius 1 is 1.11 bits per heavy atom. The van der Waals surface area contributed by atoms with Crippen LogP contribution in [0.1, 0.15) is 12.5 Å². The van der Waals surface area contributed by atoms with Gasteiger partial charge in [-0.15, -0.1) is 0 Å². The van der Waals surface area contributed by atoms with Crippen molar-refractivity contribution >= 4 is 29.2 Å². The number of benzene rings is 1. The summed E-state index contributed by atoms with van der Waals surface area (Å²) in [5.41, 5.74) is 2.17. The molecule has 2 N–H and O–H groups in total. The second-order valence-corrected chi connectivity index (χ2v) is 3.98. The average Bonchev–Trinajstić information content (AvgIpc) is 2.38. The van der Waals surface area contributed by atoms with Gasteiger partial charge in [0.2, 0.25) is 17.2 Å². The molecular weight excluding hydrogens is 250 g/mol. The van der Waals surface area contributed by atoms with Crippen molar-refractivity contribution in [2.45, 2.75) is 13.3 Å². The van der Waals surface area contributed by atoms with Crippen LogP contribution in [-0.4, -0.2) is 22.0 Å². The highest BCUT2D eigenvalue weighted by Crippen LogP contribution is 2.20. The number of halogens is 1. The molecule has 0 saturated carbocycles. The number of aryl methyl sites for hydroxylation is 1. The first-order chi connectivity index (χ1) is 8.72. The monoisotopic (exact) mass is 263 g/mol. The average molecular weight is 264 g/mol. The van der Waals surface area contributed by atoms with Gasteiger partial charge in [-0.05, 0) is 29.7 Å². The van der Waals surface area contributed by atoms with Gasteiger partial charge in [0, 0.05) is 12.7 Å². The SMILES string of the molecule is CCc1ccccc1Nc1nc(Cl)nc(NC)n1. The molecule has 0 unspecified atom stereocenters. The number of aromatic nitrogens is 3. The Bertz CT molecular complexity index is 544. The molecule has 5 nitrogen and oxygen atoms in total. The Kier molecular flexibility index (Phi) is 3.94. The summed E-state index contributed by atoms with van der Waals surface area (Å²) in [5, 5.41) is 6.15. The molecule has 0 aliphatic carbocycles. The van der Waals surface area contributed by atoms with Crippen molar-refractivity contribution in [1.82, 2.24) is 15.0 Å². The van der Waals surface area contributed by atoms with Crippen LogP contribution >= 0.6 is 11.6 Å². The summed E-state index contributed by atoms with van der Waals surface area (Å²) in [7, 11) is 1.73. The van der Waals surface area contributed by atoms with Crippen LogP contribution in [-0.2, 0) is 6.42 Å². The zero-order valence-electron chi connectivity index (χ0n) is 10.2. The van der Waals surface area contributed by atoms with Crippen LogP contribution < -0.4 is 10.6 Å². The van der Waals surface area contributed by atoms with E-state index >= 15 is 0 Å². The normalized spacial score (nSPS) is 10.2. The van der Waals surface area contributed by atoms with E-state index in [0.29, 0.717) is 11.9 Å². The Labute approximate surface area is 111 Å². The number of nitrogens with one attached hydrogen (secondary N) is 2. The number of hydrogen-bond donors (Lipinski definition) is 2. The van der Waals surface area contributed by atoms with E-state index in [4.69, 9.17) is 11.6 Å². The number of nitrogens with zero attached hydrogens (tertiary/aromatic N) is 3. The van der Waals surface area contributed by atoms with Crippen LogP contribution in [0.2, 0.25) is 5.28 Å². The second kappa shape index (κ2) is 5.64. The molecule has 18 heavy (non-hydrogen) atoms. The van der Waals surface area contributed by atoms with E-state index in [1.165, 1.54) is 5.56 Å². The van der Waals surface area contributed by atoms with Gasteiger partial charge in [-0.2, -0.15) is 15.0 Å². The molecule has 0 bridgehead atoms. The van der Waals surface area contributed by atoms with Crippen molar-refractivity contribution in [3.63, 3.8) is 0 Å². The lowest BCUT2D eigenvalue weighted by Crippen LogP contribution is -2.04. The first-order valence-corrected chi connectivity index (χ1v) is 6.05. The predicted molar refractivity (Wildman–Crippen MR) is 73.5 cm³/mol. The molecule has 0 spiro atoms. The number of hydrogen-bond acceptors (Lipinski definition) is 5. The van der Waals surface area contributed by atoms with Crippen molar-refractivity contribution in [2.75, 3.05) is 17.7 Å². The highest BCUT2D eigenvalue weighted by Gasteiger charge is 2.06. The molecule has 0 aliphatic heterocycles. The van der Waals surface area contributed by atoms with Crippen molar-refractivity contribution in [1.29, 1.82) is 0 Å². The quantitative estimate of drug-likeness (QED) is 0.888. The zero-order valence-corrected chi connectivity index (χ0v) is 11.0. The minimum absolute atomic E-state index is 0.158. The lowest BCUT2D eigenvalue weighted by Gasteiger charge is -2.10. The van der Waals surface area contributed by atoms with E-state index in [0.717, 1.165) is 12.1 Å². The molecule has 0 aliphatic rings. The summed E-state index contributed by atoms with van der Waals surface area (Å²) >= 11 is 5.83. The first kappa shape index (κ1) is 12.6. The Balaban J connectivity index is 2.30. The summed E-state index contributed by atoms with van der Waals surface area (Å²) in [6.07, 6.45) is 0.931. The lowest BCUT2D eigenvalue weighted by molar-refractivity contribution is 1.05. The van der Waals surface area contributed by atoms with Gasteiger partial charge in [0.05, 0.1) is 0 Å². The summed E-state index contributed by atoms with van der Waals surface area (Å²) in [4.78, 5) is 12.2. The molecule has 0 atom stereocenters. The van der Waals surface area contributed by atoms with Crippen molar-refractivity contribution in [2.24, 2.45) is 0 Å². The van der Waals surface area contributed by atoms with E-state index in [2.05, 4.69) is 38.6 Å². The minimum atomic E-state index is 0.158. The number of para-hydroxylation sites is 1. The molecule has 0 fully saturated rings. The molecule has 1 heterocycles. The summed E-state index contributed by atoms with van der Waals surface area (Å²) in [6.45, 7) is 2.10. The van der Waals surface area contributed by atoms with Gasteiger partial charge in [-0.25, -0.2) is 0 Å². The van der Waals surface area contributed by atoms with E-state index in [1.807, 2.05) is 18.2 Å².